The third-order valence-electron chi connectivity index (χ3n) is 3.00. The summed E-state index contributed by atoms with van der Waals surface area (Å²) in [5, 5.41) is 3.69. The van der Waals surface area contributed by atoms with Crippen molar-refractivity contribution in [2.45, 2.75) is 19.4 Å². The first-order valence-corrected chi connectivity index (χ1v) is 5.67. The highest BCUT2D eigenvalue weighted by atomic mass is 16.1. The Morgan fingerprint density at radius 1 is 1.47 bits per heavy atom. The SMILES string of the molecule is CNC(=O)CC(N)c1c(C)[nH]c2ccccc12. The predicted octanol–water partition coefficient (Wildman–Crippen LogP) is 1.61. The number of nitrogens with two attached hydrogens (primary N) is 1. The Kier molecular flexibility index (Phi) is 3.15. The molecule has 0 spiro atoms. The molecule has 0 aliphatic rings. The van der Waals surface area contributed by atoms with Crippen LogP contribution in [0.15, 0.2) is 24.3 Å². The number of aromatic amines is 1. The number of rotatable bonds is 3. The molecule has 1 amide bonds. The standard InChI is InChI=1S/C13H17N3O/c1-8-13(10(14)7-12(17)15-2)9-5-3-4-6-11(9)16-8/h3-6,10,16H,7,14H2,1-2H3,(H,15,17). The van der Waals surface area contributed by atoms with Gasteiger partial charge >= 0.3 is 0 Å². The molecule has 0 bridgehead atoms. The van der Waals surface area contributed by atoms with E-state index in [1.165, 1.54) is 0 Å². The number of benzene rings is 1. The molecule has 17 heavy (non-hydrogen) atoms. The maximum Gasteiger partial charge on any atom is 0.221 e. The second-order valence-corrected chi connectivity index (χ2v) is 4.19. The number of aryl methyl sites for hydroxylation is 1. The van der Waals surface area contributed by atoms with Crippen LogP contribution in [-0.4, -0.2) is 17.9 Å². The Hall–Kier alpha value is -1.81. The normalized spacial score (nSPS) is 12.6. The van der Waals surface area contributed by atoms with E-state index in [-0.39, 0.29) is 11.9 Å². The molecule has 0 saturated carbocycles. The van der Waals surface area contributed by atoms with Crippen LogP contribution in [0.4, 0.5) is 0 Å². The molecular weight excluding hydrogens is 214 g/mol. The van der Waals surface area contributed by atoms with Crippen LogP contribution in [-0.2, 0) is 4.79 Å². The summed E-state index contributed by atoms with van der Waals surface area (Å²) in [6.45, 7) is 1.99. The second-order valence-electron chi connectivity index (χ2n) is 4.19. The Morgan fingerprint density at radius 2 is 2.18 bits per heavy atom. The van der Waals surface area contributed by atoms with Gasteiger partial charge in [0.05, 0.1) is 0 Å². The fraction of sp³-hybridized carbons (Fsp3) is 0.308. The van der Waals surface area contributed by atoms with Gasteiger partial charge in [0, 0.05) is 36.1 Å². The summed E-state index contributed by atoms with van der Waals surface area (Å²) in [5.74, 6) is -0.0396. The van der Waals surface area contributed by atoms with Crippen molar-refractivity contribution >= 4 is 16.8 Å². The number of para-hydroxylation sites is 1. The van der Waals surface area contributed by atoms with E-state index in [2.05, 4.69) is 10.3 Å². The minimum Gasteiger partial charge on any atom is -0.359 e. The van der Waals surface area contributed by atoms with Gasteiger partial charge in [-0.25, -0.2) is 0 Å². The second kappa shape index (κ2) is 4.59. The summed E-state index contributed by atoms with van der Waals surface area (Å²) in [5.41, 5.74) is 9.23. The quantitative estimate of drug-likeness (QED) is 0.751. The van der Waals surface area contributed by atoms with E-state index >= 15 is 0 Å². The Labute approximate surface area is 100 Å². The number of carbonyl (C=O) groups excluding carboxylic acids is 1. The molecule has 4 N–H and O–H groups in total. The van der Waals surface area contributed by atoms with Crippen molar-refractivity contribution in [2.75, 3.05) is 7.05 Å². The Bertz CT molecular complexity index is 545. The van der Waals surface area contributed by atoms with E-state index in [9.17, 15) is 4.79 Å². The number of H-pyrrole nitrogens is 1. The number of aromatic nitrogens is 1. The molecule has 0 fully saturated rings. The van der Waals surface area contributed by atoms with Crippen LogP contribution >= 0.6 is 0 Å². The van der Waals surface area contributed by atoms with Gasteiger partial charge in [-0.2, -0.15) is 0 Å². The summed E-state index contributed by atoms with van der Waals surface area (Å²) < 4.78 is 0. The number of carbonyl (C=O) groups is 1. The van der Waals surface area contributed by atoms with E-state index in [4.69, 9.17) is 5.73 Å². The van der Waals surface area contributed by atoms with Crippen molar-refractivity contribution in [3.8, 4) is 0 Å². The Morgan fingerprint density at radius 3 is 2.88 bits per heavy atom. The lowest BCUT2D eigenvalue weighted by atomic mass is 10.0. The topological polar surface area (TPSA) is 70.9 Å². The number of nitrogens with one attached hydrogen (secondary N) is 2. The minimum atomic E-state index is -0.272. The number of hydrogen-bond donors (Lipinski definition) is 3. The molecule has 0 aliphatic heterocycles. The van der Waals surface area contributed by atoms with Gasteiger partial charge in [-0.15, -0.1) is 0 Å². The number of hydrogen-bond acceptors (Lipinski definition) is 2. The van der Waals surface area contributed by atoms with E-state index in [1.54, 1.807) is 7.05 Å². The first kappa shape index (κ1) is 11.7. The van der Waals surface area contributed by atoms with Crippen LogP contribution < -0.4 is 11.1 Å². The lowest BCUT2D eigenvalue weighted by molar-refractivity contribution is -0.120. The highest BCUT2D eigenvalue weighted by molar-refractivity contribution is 5.86. The summed E-state index contributed by atoms with van der Waals surface area (Å²) in [6, 6.07) is 7.72. The lowest BCUT2D eigenvalue weighted by Crippen LogP contribution is -2.24. The minimum absolute atomic E-state index is 0.0396. The molecule has 90 valence electrons. The van der Waals surface area contributed by atoms with Crippen LogP contribution in [0.1, 0.15) is 23.7 Å². The van der Waals surface area contributed by atoms with Gasteiger partial charge in [0.2, 0.25) is 5.91 Å². The van der Waals surface area contributed by atoms with Crippen molar-refractivity contribution in [2.24, 2.45) is 5.73 Å². The van der Waals surface area contributed by atoms with Crippen LogP contribution in [0, 0.1) is 6.92 Å². The van der Waals surface area contributed by atoms with E-state index in [0.717, 1.165) is 22.2 Å². The van der Waals surface area contributed by atoms with Gasteiger partial charge in [-0.1, -0.05) is 18.2 Å². The van der Waals surface area contributed by atoms with Crippen LogP contribution in [0.3, 0.4) is 0 Å². The lowest BCUT2D eigenvalue weighted by Gasteiger charge is -2.11. The summed E-state index contributed by atoms with van der Waals surface area (Å²) in [4.78, 5) is 14.7. The summed E-state index contributed by atoms with van der Waals surface area (Å²) >= 11 is 0. The van der Waals surface area contributed by atoms with Crippen molar-refractivity contribution in [1.29, 1.82) is 0 Å². The zero-order valence-electron chi connectivity index (χ0n) is 10.1. The van der Waals surface area contributed by atoms with Gasteiger partial charge in [0.25, 0.3) is 0 Å². The largest absolute Gasteiger partial charge is 0.359 e. The fourth-order valence-electron chi connectivity index (χ4n) is 2.18. The predicted molar refractivity (Wildman–Crippen MR) is 68.6 cm³/mol. The number of fused-ring (bicyclic) bond motifs is 1. The van der Waals surface area contributed by atoms with Crippen LogP contribution in [0.25, 0.3) is 10.9 Å². The molecule has 1 unspecified atom stereocenters. The maximum atomic E-state index is 11.4. The molecule has 0 radical (unpaired) electrons. The molecule has 0 aliphatic carbocycles. The summed E-state index contributed by atoms with van der Waals surface area (Å²) in [6.07, 6.45) is 0.305. The van der Waals surface area contributed by atoms with Crippen molar-refractivity contribution < 1.29 is 4.79 Å². The Balaban J connectivity index is 2.40. The zero-order valence-corrected chi connectivity index (χ0v) is 10.1. The van der Waals surface area contributed by atoms with Crippen molar-refractivity contribution in [1.82, 2.24) is 10.3 Å². The van der Waals surface area contributed by atoms with Crippen LogP contribution in [0.5, 0.6) is 0 Å². The smallest absolute Gasteiger partial charge is 0.221 e. The molecular formula is C13H17N3O. The highest BCUT2D eigenvalue weighted by Crippen LogP contribution is 2.27. The van der Waals surface area contributed by atoms with E-state index in [1.807, 2.05) is 31.2 Å². The first-order chi connectivity index (χ1) is 8.13. The van der Waals surface area contributed by atoms with Crippen LogP contribution in [0.2, 0.25) is 0 Å². The molecule has 2 rings (SSSR count). The van der Waals surface area contributed by atoms with Gasteiger partial charge in [-0.3, -0.25) is 4.79 Å². The van der Waals surface area contributed by atoms with Crippen molar-refractivity contribution in [3.05, 3.63) is 35.5 Å². The van der Waals surface area contributed by atoms with Gasteiger partial charge < -0.3 is 16.0 Å². The van der Waals surface area contributed by atoms with E-state index in [0.29, 0.717) is 6.42 Å². The molecule has 1 heterocycles. The molecule has 0 saturated heterocycles. The molecule has 2 aromatic rings. The van der Waals surface area contributed by atoms with E-state index < -0.39 is 0 Å². The average Bonchev–Trinajstić information content (AvgIpc) is 2.64. The maximum absolute atomic E-state index is 11.4. The summed E-state index contributed by atoms with van der Waals surface area (Å²) in [7, 11) is 1.62. The molecule has 4 nitrogen and oxygen atoms in total. The molecule has 1 aromatic carbocycles. The van der Waals surface area contributed by atoms with Crippen molar-refractivity contribution in [3.63, 3.8) is 0 Å². The highest BCUT2D eigenvalue weighted by Gasteiger charge is 2.17. The third-order valence-corrected chi connectivity index (χ3v) is 3.00. The fourth-order valence-corrected chi connectivity index (χ4v) is 2.18. The average molecular weight is 231 g/mol. The first-order valence-electron chi connectivity index (χ1n) is 5.67. The number of amides is 1. The third kappa shape index (κ3) is 2.17. The molecule has 1 aromatic heterocycles. The van der Waals surface area contributed by atoms with Gasteiger partial charge in [-0.05, 0) is 18.6 Å². The monoisotopic (exact) mass is 231 g/mol. The van der Waals surface area contributed by atoms with Gasteiger partial charge in [0.15, 0.2) is 0 Å². The molecule has 4 heteroatoms. The zero-order chi connectivity index (χ0) is 12.4. The van der Waals surface area contributed by atoms with Gasteiger partial charge in [0.1, 0.15) is 0 Å². The molecule has 1 atom stereocenters.